The lowest BCUT2D eigenvalue weighted by atomic mass is 9.96. The van der Waals surface area contributed by atoms with E-state index in [1.54, 1.807) is 45.0 Å². The first-order valence-corrected chi connectivity index (χ1v) is 9.78. The molecule has 0 unspecified atom stereocenters. The third kappa shape index (κ3) is 5.54. The number of hydrogen-bond donors (Lipinski definition) is 4. The quantitative estimate of drug-likeness (QED) is 0.415. The van der Waals surface area contributed by atoms with Gasteiger partial charge in [-0.3, -0.25) is 10.2 Å². The van der Waals surface area contributed by atoms with E-state index >= 15 is 0 Å². The van der Waals surface area contributed by atoms with Crippen molar-refractivity contribution in [1.82, 2.24) is 20.4 Å². The molecular weight excluding hydrogens is 413 g/mol. The Morgan fingerprint density at radius 1 is 1.28 bits per heavy atom. The van der Waals surface area contributed by atoms with E-state index in [2.05, 4.69) is 25.8 Å². The molecule has 10 heteroatoms. The van der Waals surface area contributed by atoms with Gasteiger partial charge in [-0.15, -0.1) is 0 Å². The number of anilines is 2. The van der Waals surface area contributed by atoms with Crippen LogP contribution in [0.1, 0.15) is 37.9 Å². The maximum absolute atomic E-state index is 14.0. The predicted octanol–water partition coefficient (Wildman–Crippen LogP) is 3.37. The lowest BCUT2D eigenvalue weighted by Crippen LogP contribution is -2.28. The van der Waals surface area contributed by atoms with Gasteiger partial charge in [0.1, 0.15) is 29.2 Å². The summed E-state index contributed by atoms with van der Waals surface area (Å²) in [4.78, 5) is 20.4. The van der Waals surface area contributed by atoms with Crippen LogP contribution in [0.3, 0.4) is 0 Å². The van der Waals surface area contributed by atoms with Crippen molar-refractivity contribution in [3.05, 3.63) is 71.8 Å². The molecule has 2 heterocycles. The highest BCUT2D eigenvalue weighted by atomic mass is 19.1. The smallest absolute Gasteiger partial charge is 0.229 e. The SMILES string of the molecule is CC(C)(C)C(=O)Nc1cnc(C(=N)/C=C(\NCc2ccccc2F)c2ccon2)nc1N. The number of hydrogen-bond acceptors (Lipinski definition) is 8. The van der Waals surface area contributed by atoms with E-state index in [0.717, 1.165) is 0 Å². The van der Waals surface area contributed by atoms with Crippen LogP contribution in [0.15, 0.2) is 53.4 Å². The summed E-state index contributed by atoms with van der Waals surface area (Å²) in [6, 6.07) is 7.97. The van der Waals surface area contributed by atoms with E-state index in [1.807, 2.05) is 0 Å². The highest BCUT2D eigenvalue weighted by Gasteiger charge is 2.22. The highest BCUT2D eigenvalue weighted by Crippen LogP contribution is 2.21. The molecule has 32 heavy (non-hydrogen) atoms. The molecule has 2 aromatic heterocycles. The summed E-state index contributed by atoms with van der Waals surface area (Å²) in [6.45, 7) is 5.48. The van der Waals surface area contributed by atoms with Crippen LogP contribution in [0, 0.1) is 16.6 Å². The zero-order valence-corrected chi connectivity index (χ0v) is 17.9. The Bertz CT molecular complexity index is 1150. The topological polar surface area (TPSA) is 143 Å². The molecule has 0 aliphatic carbocycles. The van der Waals surface area contributed by atoms with Gasteiger partial charge in [0.15, 0.2) is 11.6 Å². The van der Waals surface area contributed by atoms with Crippen LogP contribution in [0.5, 0.6) is 0 Å². The lowest BCUT2D eigenvalue weighted by Gasteiger charge is -2.18. The van der Waals surface area contributed by atoms with Gasteiger partial charge in [0, 0.05) is 23.6 Å². The summed E-state index contributed by atoms with van der Waals surface area (Å²) in [7, 11) is 0. The third-order valence-corrected chi connectivity index (χ3v) is 4.42. The van der Waals surface area contributed by atoms with E-state index in [4.69, 9.17) is 15.7 Å². The van der Waals surface area contributed by atoms with Crippen LogP contribution < -0.4 is 16.4 Å². The highest BCUT2D eigenvalue weighted by molar-refractivity contribution is 6.08. The summed E-state index contributed by atoms with van der Waals surface area (Å²) in [6.07, 6.45) is 4.19. The average molecular weight is 437 g/mol. The number of allylic oxidation sites excluding steroid dienone is 1. The maximum Gasteiger partial charge on any atom is 0.229 e. The summed E-state index contributed by atoms with van der Waals surface area (Å²) in [5.74, 6) is -0.502. The average Bonchev–Trinajstić information content (AvgIpc) is 3.27. The van der Waals surface area contributed by atoms with Gasteiger partial charge in [-0.2, -0.15) is 0 Å². The molecule has 9 nitrogen and oxygen atoms in total. The molecule has 0 spiro atoms. The Morgan fingerprint density at radius 2 is 2.03 bits per heavy atom. The Morgan fingerprint density at radius 3 is 2.66 bits per heavy atom. The van der Waals surface area contributed by atoms with Gasteiger partial charge in [-0.25, -0.2) is 14.4 Å². The molecule has 5 N–H and O–H groups in total. The van der Waals surface area contributed by atoms with Gasteiger partial charge in [-0.1, -0.05) is 44.1 Å². The fourth-order valence-electron chi connectivity index (χ4n) is 2.54. The van der Waals surface area contributed by atoms with Crippen molar-refractivity contribution in [3.8, 4) is 0 Å². The fourth-order valence-corrected chi connectivity index (χ4v) is 2.54. The van der Waals surface area contributed by atoms with Crippen molar-refractivity contribution in [1.29, 1.82) is 5.41 Å². The van der Waals surface area contributed by atoms with Crippen molar-refractivity contribution < 1.29 is 13.7 Å². The molecule has 0 atom stereocenters. The van der Waals surface area contributed by atoms with Crippen molar-refractivity contribution in [2.75, 3.05) is 11.1 Å². The summed E-state index contributed by atoms with van der Waals surface area (Å²) in [5, 5.41) is 18.0. The molecule has 0 saturated carbocycles. The minimum atomic E-state index is -0.614. The maximum atomic E-state index is 14.0. The number of rotatable bonds is 7. The van der Waals surface area contributed by atoms with E-state index in [9.17, 15) is 9.18 Å². The first-order chi connectivity index (χ1) is 15.1. The number of benzene rings is 1. The van der Waals surface area contributed by atoms with E-state index in [1.165, 1.54) is 24.6 Å². The first kappa shape index (κ1) is 22.6. The van der Waals surface area contributed by atoms with Gasteiger partial charge >= 0.3 is 0 Å². The molecule has 0 aliphatic heterocycles. The molecule has 0 saturated heterocycles. The second-order valence-electron chi connectivity index (χ2n) is 8.00. The van der Waals surface area contributed by atoms with Crippen molar-refractivity contribution in [2.24, 2.45) is 5.41 Å². The summed E-state index contributed by atoms with van der Waals surface area (Å²) < 4.78 is 18.8. The molecule has 0 aliphatic rings. The van der Waals surface area contributed by atoms with Gasteiger partial charge in [0.25, 0.3) is 0 Å². The minimum Gasteiger partial charge on any atom is -0.382 e. The standard InChI is InChI=1S/C22H24FN7O2/c1-22(2,3)21(31)28-18-12-27-20(29-19(18)25)15(24)10-17(16-8-9-32-30-16)26-11-13-6-4-5-7-14(13)23/h4-10,12,24,26H,11H2,1-3H3,(H,28,31)(H2,25,27,29)/b17-10-,24-15?. The molecular formula is C22H24FN7O2. The number of amides is 1. The molecule has 3 rings (SSSR count). The lowest BCUT2D eigenvalue weighted by molar-refractivity contribution is -0.123. The number of aromatic nitrogens is 3. The fraction of sp³-hybridized carbons (Fsp3) is 0.227. The van der Waals surface area contributed by atoms with Crippen molar-refractivity contribution in [3.63, 3.8) is 0 Å². The van der Waals surface area contributed by atoms with Crippen LogP contribution in [0.4, 0.5) is 15.9 Å². The molecule has 166 valence electrons. The summed E-state index contributed by atoms with van der Waals surface area (Å²) in [5.41, 5.74) is 6.84. The number of halogens is 1. The Balaban J connectivity index is 1.81. The third-order valence-electron chi connectivity index (χ3n) is 4.42. The molecule has 0 bridgehead atoms. The minimum absolute atomic E-state index is 0.0352. The van der Waals surface area contributed by atoms with Crippen LogP contribution in [0.2, 0.25) is 0 Å². The van der Waals surface area contributed by atoms with Crippen LogP contribution in [0.25, 0.3) is 5.70 Å². The van der Waals surface area contributed by atoms with Gasteiger partial charge in [0.05, 0.1) is 11.9 Å². The van der Waals surface area contributed by atoms with Crippen LogP contribution in [-0.4, -0.2) is 26.7 Å². The monoisotopic (exact) mass is 437 g/mol. The number of nitrogens with two attached hydrogens (primary N) is 1. The Kier molecular flexibility index (Phi) is 6.62. The molecule has 0 fully saturated rings. The van der Waals surface area contributed by atoms with Gasteiger partial charge in [0.2, 0.25) is 5.91 Å². The zero-order valence-electron chi connectivity index (χ0n) is 17.9. The van der Waals surface area contributed by atoms with Crippen molar-refractivity contribution >= 4 is 28.8 Å². The Hall–Kier alpha value is -4.08. The number of carbonyl (C=O) groups excluding carboxylic acids is 1. The number of carbonyl (C=O) groups is 1. The van der Waals surface area contributed by atoms with Gasteiger partial charge < -0.3 is 20.9 Å². The second kappa shape index (κ2) is 9.38. The van der Waals surface area contributed by atoms with E-state index < -0.39 is 5.41 Å². The molecule has 3 aromatic rings. The van der Waals surface area contributed by atoms with E-state index in [-0.39, 0.29) is 41.3 Å². The number of nitrogens with one attached hydrogen (secondary N) is 3. The normalized spacial score (nSPS) is 11.8. The zero-order chi connectivity index (χ0) is 23.3. The number of nitrogens with zero attached hydrogens (tertiary/aromatic N) is 3. The molecule has 1 aromatic carbocycles. The second-order valence-corrected chi connectivity index (χ2v) is 8.00. The Labute approximate surface area is 184 Å². The first-order valence-electron chi connectivity index (χ1n) is 9.78. The van der Waals surface area contributed by atoms with Crippen molar-refractivity contribution in [2.45, 2.75) is 27.3 Å². The summed E-state index contributed by atoms with van der Waals surface area (Å²) >= 11 is 0. The largest absolute Gasteiger partial charge is 0.382 e. The molecule has 1 amide bonds. The van der Waals surface area contributed by atoms with E-state index in [0.29, 0.717) is 17.0 Å². The van der Waals surface area contributed by atoms with Crippen LogP contribution in [-0.2, 0) is 11.3 Å². The number of nitrogen functional groups attached to an aromatic ring is 1. The molecule has 0 radical (unpaired) electrons. The van der Waals surface area contributed by atoms with Gasteiger partial charge in [-0.05, 0) is 12.1 Å². The predicted molar refractivity (Wildman–Crippen MR) is 119 cm³/mol. The van der Waals surface area contributed by atoms with Crippen LogP contribution >= 0.6 is 0 Å².